The van der Waals surface area contributed by atoms with Crippen LogP contribution in [0.5, 0.6) is 5.75 Å². The van der Waals surface area contributed by atoms with E-state index in [1.54, 1.807) is 12.4 Å². The molecule has 25 heavy (non-hydrogen) atoms. The van der Waals surface area contributed by atoms with Crippen LogP contribution in [0.25, 0.3) is 0 Å². The molecule has 1 saturated heterocycles. The number of carbonyl (C=O) groups is 1. The number of rotatable bonds is 4. The molecule has 4 nitrogen and oxygen atoms in total. The molecular formula is C18H21BrCl2N2O2. The molecule has 0 spiro atoms. The maximum atomic E-state index is 12.8. The summed E-state index contributed by atoms with van der Waals surface area (Å²) in [5.41, 5.74) is 0.715. The Morgan fingerprint density at radius 1 is 1.24 bits per heavy atom. The van der Waals surface area contributed by atoms with Gasteiger partial charge in [-0.1, -0.05) is 22.0 Å². The van der Waals surface area contributed by atoms with E-state index in [2.05, 4.69) is 20.9 Å². The van der Waals surface area contributed by atoms with Crippen LogP contribution < -0.4 is 4.74 Å². The monoisotopic (exact) mass is 446 g/mol. The highest BCUT2D eigenvalue weighted by atomic mass is 79.9. The van der Waals surface area contributed by atoms with Crippen LogP contribution in [0.1, 0.15) is 29.6 Å². The molecule has 1 unspecified atom stereocenters. The molecule has 0 radical (unpaired) electrons. The number of ether oxygens (including phenoxy) is 1. The van der Waals surface area contributed by atoms with Crippen molar-refractivity contribution in [1.29, 1.82) is 0 Å². The Hall–Kier alpha value is -1.30. The van der Waals surface area contributed by atoms with Gasteiger partial charge >= 0.3 is 0 Å². The van der Waals surface area contributed by atoms with Crippen molar-refractivity contribution in [3.05, 3.63) is 58.8 Å². The molecule has 2 aromatic rings. The zero-order valence-corrected chi connectivity index (χ0v) is 16.9. The van der Waals surface area contributed by atoms with Gasteiger partial charge in [0, 0.05) is 22.8 Å². The first-order valence-corrected chi connectivity index (χ1v) is 8.63. The lowest BCUT2D eigenvalue weighted by molar-refractivity contribution is 0.0528. The van der Waals surface area contributed by atoms with Gasteiger partial charge in [-0.15, -0.1) is 24.8 Å². The predicted octanol–water partition coefficient (Wildman–Crippen LogP) is 4.76. The topological polar surface area (TPSA) is 42.4 Å². The maximum Gasteiger partial charge on any atom is 0.254 e. The van der Waals surface area contributed by atoms with Gasteiger partial charge in [0.25, 0.3) is 5.91 Å². The van der Waals surface area contributed by atoms with E-state index >= 15 is 0 Å². The fourth-order valence-electron chi connectivity index (χ4n) is 2.85. The van der Waals surface area contributed by atoms with Crippen LogP contribution >= 0.6 is 40.7 Å². The van der Waals surface area contributed by atoms with Crippen molar-refractivity contribution < 1.29 is 9.53 Å². The van der Waals surface area contributed by atoms with Crippen molar-refractivity contribution >= 4 is 46.7 Å². The fourth-order valence-corrected chi connectivity index (χ4v) is 3.25. The lowest BCUT2D eigenvalue weighted by atomic mass is 10.0. The summed E-state index contributed by atoms with van der Waals surface area (Å²) in [5.74, 6) is 0.818. The van der Waals surface area contributed by atoms with Crippen molar-refractivity contribution in [1.82, 2.24) is 9.88 Å². The Morgan fingerprint density at radius 3 is 2.80 bits per heavy atom. The molecule has 1 atom stereocenters. The number of aromatic nitrogens is 1. The van der Waals surface area contributed by atoms with Gasteiger partial charge in [-0.2, -0.15) is 0 Å². The van der Waals surface area contributed by atoms with Crippen LogP contribution in [0.3, 0.4) is 0 Å². The van der Waals surface area contributed by atoms with Crippen molar-refractivity contribution in [3.8, 4) is 5.75 Å². The maximum absolute atomic E-state index is 12.8. The molecule has 0 aliphatic carbocycles. The number of carbonyl (C=O) groups excluding carboxylic acids is 1. The number of amides is 1. The number of hydrogen-bond donors (Lipinski definition) is 0. The van der Waals surface area contributed by atoms with Crippen molar-refractivity contribution in [2.45, 2.75) is 25.3 Å². The van der Waals surface area contributed by atoms with Crippen LogP contribution in [0.4, 0.5) is 0 Å². The highest BCUT2D eigenvalue weighted by Crippen LogP contribution is 2.22. The molecule has 1 amide bonds. The van der Waals surface area contributed by atoms with Gasteiger partial charge in [0.15, 0.2) is 0 Å². The number of nitrogens with zero attached hydrogens (tertiary/aromatic N) is 2. The third kappa shape index (κ3) is 5.87. The van der Waals surface area contributed by atoms with Crippen molar-refractivity contribution in [3.63, 3.8) is 0 Å². The molecule has 7 heteroatoms. The second kappa shape index (κ2) is 10.6. The number of piperidine rings is 1. The number of pyridine rings is 1. The average Bonchev–Trinajstić information content (AvgIpc) is 2.60. The molecule has 1 aromatic heterocycles. The third-order valence-corrected chi connectivity index (χ3v) is 4.53. The summed E-state index contributed by atoms with van der Waals surface area (Å²) in [5, 5.41) is 0. The smallest absolute Gasteiger partial charge is 0.254 e. The van der Waals surface area contributed by atoms with E-state index in [0.717, 1.165) is 36.0 Å². The Kier molecular flexibility index (Phi) is 9.25. The first kappa shape index (κ1) is 21.7. The zero-order chi connectivity index (χ0) is 16.1. The van der Waals surface area contributed by atoms with Gasteiger partial charge in [-0.3, -0.25) is 9.78 Å². The van der Waals surface area contributed by atoms with Crippen LogP contribution in [0, 0.1) is 0 Å². The van der Waals surface area contributed by atoms with Gasteiger partial charge in [0.1, 0.15) is 12.4 Å². The first-order valence-electron chi connectivity index (χ1n) is 7.83. The lowest BCUT2D eigenvalue weighted by Crippen LogP contribution is -2.46. The van der Waals surface area contributed by atoms with E-state index in [4.69, 9.17) is 4.74 Å². The van der Waals surface area contributed by atoms with Crippen LogP contribution in [-0.4, -0.2) is 35.0 Å². The normalized spacial score (nSPS) is 16.4. The molecule has 0 saturated carbocycles. The predicted molar refractivity (Wildman–Crippen MR) is 107 cm³/mol. The summed E-state index contributed by atoms with van der Waals surface area (Å²) in [7, 11) is 0. The van der Waals surface area contributed by atoms with E-state index in [0.29, 0.717) is 12.2 Å². The van der Waals surface area contributed by atoms with Gasteiger partial charge in [0.2, 0.25) is 0 Å². The van der Waals surface area contributed by atoms with Gasteiger partial charge in [-0.25, -0.2) is 0 Å². The quantitative estimate of drug-likeness (QED) is 0.678. The first-order chi connectivity index (χ1) is 11.2. The van der Waals surface area contributed by atoms with E-state index in [-0.39, 0.29) is 36.8 Å². The van der Waals surface area contributed by atoms with E-state index < -0.39 is 0 Å². The van der Waals surface area contributed by atoms with Gasteiger partial charge in [-0.05, 0) is 49.6 Å². The van der Waals surface area contributed by atoms with Gasteiger partial charge in [0.05, 0.1) is 12.2 Å². The SMILES string of the molecule is Cl.Cl.O=C(c1cccc(Br)c1)N1CCCCC1COc1cccnc1. The number of hydrogen-bond acceptors (Lipinski definition) is 3. The lowest BCUT2D eigenvalue weighted by Gasteiger charge is -2.35. The second-order valence-electron chi connectivity index (χ2n) is 5.66. The minimum Gasteiger partial charge on any atom is -0.490 e. The fraction of sp³-hybridized carbons (Fsp3) is 0.333. The Balaban J connectivity index is 0.00000156. The molecule has 3 rings (SSSR count). The zero-order valence-electron chi connectivity index (χ0n) is 13.6. The average molecular weight is 448 g/mol. The van der Waals surface area contributed by atoms with Gasteiger partial charge < -0.3 is 9.64 Å². The van der Waals surface area contributed by atoms with Crippen LogP contribution in [0.2, 0.25) is 0 Å². The molecular weight excluding hydrogens is 427 g/mol. The molecule has 2 heterocycles. The summed E-state index contributed by atoms with van der Waals surface area (Å²) >= 11 is 3.43. The minimum absolute atomic E-state index is 0. The number of halogens is 3. The molecule has 1 fully saturated rings. The third-order valence-electron chi connectivity index (χ3n) is 4.04. The van der Waals surface area contributed by atoms with Crippen LogP contribution in [0.15, 0.2) is 53.3 Å². The summed E-state index contributed by atoms with van der Waals surface area (Å²) in [6.07, 6.45) is 6.56. The summed E-state index contributed by atoms with van der Waals surface area (Å²) in [6.45, 7) is 1.29. The Morgan fingerprint density at radius 2 is 2.08 bits per heavy atom. The number of benzene rings is 1. The molecule has 0 bridgehead atoms. The molecule has 136 valence electrons. The van der Waals surface area contributed by atoms with E-state index in [9.17, 15) is 4.79 Å². The Bertz CT molecular complexity index is 673. The second-order valence-corrected chi connectivity index (χ2v) is 6.57. The molecule has 1 aliphatic heterocycles. The van der Waals surface area contributed by atoms with Crippen molar-refractivity contribution in [2.24, 2.45) is 0 Å². The number of likely N-dealkylation sites (tertiary alicyclic amines) is 1. The summed E-state index contributed by atoms with van der Waals surface area (Å²) in [4.78, 5) is 18.8. The largest absolute Gasteiger partial charge is 0.490 e. The standard InChI is InChI=1S/C18H19BrN2O2.2ClH/c19-15-6-3-5-14(11-15)18(22)21-10-2-1-7-16(21)13-23-17-8-4-9-20-12-17;;/h3-6,8-9,11-12,16H,1-2,7,10,13H2;2*1H. The highest BCUT2D eigenvalue weighted by molar-refractivity contribution is 9.10. The van der Waals surface area contributed by atoms with Crippen molar-refractivity contribution in [2.75, 3.05) is 13.2 Å². The highest BCUT2D eigenvalue weighted by Gasteiger charge is 2.28. The van der Waals surface area contributed by atoms with E-state index in [1.807, 2.05) is 41.3 Å². The minimum atomic E-state index is 0. The summed E-state index contributed by atoms with van der Waals surface area (Å²) < 4.78 is 6.74. The molecule has 1 aromatic carbocycles. The van der Waals surface area contributed by atoms with Crippen LogP contribution in [-0.2, 0) is 0 Å². The van der Waals surface area contributed by atoms with E-state index in [1.165, 1.54) is 0 Å². The Labute approximate surface area is 168 Å². The summed E-state index contributed by atoms with van der Waals surface area (Å²) in [6, 6.07) is 11.4. The molecule has 0 N–H and O–H groups in total. The molecule has 1 aliphatic rings.